The second-order valence-electron chi connectivity index (χ2n) is 23.8. The number of hydrogen-bond acceptors (Lipinski definition) is 5. The maximum Gasteiger partial charge on any atom is 0.159 e. The molecule has 0 aliphatic rings. The van der Waals surface area contributed by atoms with Crippen molar-refractivity contribution in [2.24, 2.45) is 0 Å². The second-order valence-corrected chi connectivity index (χ2v) is 30.5. The number of benzene rings is 12. The first-order chi connectivity index (χ1) is 38.8. The Bertz CT molecular complexity index is 4680. The summed E-state index contributed by atoms with van der Waals surface area (Å²) >= 11 is 1.89. The maximum atomic E-state index is 7.14. The van der Waals surface area contributed by atoms with Crippen LogP contribution in [0.5, 0.6) is 0 Å². The van der Waals surface area contributed by atoms with Gasteiger partial charge in [0.15, 0.2) is 11.2 Å². The predicted octanol–water partition coefficient (Wildman–Crippen LogP) is 22.0. The second kappa shape index (κ2) is 19.1. The molecule has 0 radical (unpaired) electrons. The molecule has 12 aromatic carbocycles. The van der Waals surface area contributed by atoms with Gasteiger partial charge in [0.05, 0.1) is 42.2 Å². The van der Waals surface area contributed by atoms with Gasteiger partial charge in [-0.05, 0) is 92.9 Å². The molecule has 0 saturated heterocycles. The molecule has 0 unspecified atom stereocenters. The molecule has 0 bridgehead atoms. The van der Waals surface area contributed by atoms with Crippen LogP contribution in [0.25, 0.3) is 98.4 Å². The number of nitrogens with zero attached hydrogens (tertiary/aromatic N) is 2. The molecule has 0 saturated carbocycles. The number of thioether (sulfide) groups is 1. The molecule has 80 heavy (non-hydrogen) atoms. The van der Waals surface area contributed by atoms with Gasteiger partial charge >= 0.3 is 0 Å². The third kappa shape index (κ3) is 8.35. The number of rotatable bonds is 11. The molecular formula is C74H62N2O2SSi. The summed E-state index contributed by atoms with van der Waals surface area (Å²) in [6, 6.07) is 83.2. The van der Waals surface area contributed by atoms with Gasteiger partial charge in [-0.25, -0.2) is 0 Å². The van der Waals surface area contributed by atoms with Crippen LogP contribution in [0.1, 0.15) is 40.2 Å². The Labute approximate surface area is 473 Å². The average molecular weight is 1070 g/mol. The zero-order valence-corrected chi connectivity index (χ0v) is 48.4. The SMILES string of the molecule is CC(C)Sc1ccc(N(c2cc(N(c3ccc([Si](C)(C)C)cc3-c3ccccc3)c3cccc4c3oc3ccccc34)c3ccc4cc(C(C)(C)C)cc5ccc2c3c54)c2cccc3c2oc2ccccc23)c(-c2ccccc2)c1. The first-order valence-corrected chi connectivity index (χ1v) is 32.4. The van der Waals surface area contributed by atoms with Crippen LogP contribution in [0.3, 0.4) is 0 Å². The van der Waals surface area contributed by atoms with E-state index in [9.17, 15) is 0 Å². The molecule has 390 valence electrons. The third-order valence-electron chi connectivity index (χ3n) is 16.1. The van der Waals surface area contributed by atoms with Gasteiger partial charge in [0.1, 0.15) is 11.2 Å². The Hall–Kier alpha value is -8.55. The number of para-hydroxylation sites is 4. The Morgan fingerprint density at radius 1 is 0.400 bits per heavy atom. The van der Waals surface area contributed by atoms with E-state index >= 15 is 0 Å². The molecule has 0 amide bonds. The van der Waals surface area contributed by atoms with E-state index in [1.807, 2.05) is 11.8 Å². The predicted molar refractivity (Wildman–Crippen MR) is 348 cm³/mol. The zero-order valence-electron chi connectivity index (χ0n) is 46.6. The average Bonchev–Trinajstić information content (AvgIpc) is 4.11. The zero-order chi connectivity index (χ0) is 54.6. The van der Waals surface area contributed by atoms with Crippen LogP contribution in [0.15, 0.2) is 238 Å². The topological polar surface area (TPSA) is 32.8 Å². The molecule has 6 heteroatoms. The van der Waals surface area contributed by atoms with Crippen molar-refractivity contribution < 1.29 is 8.83 Å². The molecule has 0 aliphatic heterocycles. The Morgan fingerprint density at radius 3 is 1.38 bits per heavy atom. The molecule has 14 rings (SSSR count). The van der Waals surface area contributed by atoms with Crippen LogP contribution in [-0.4, -0.2) is 13.3 Å². The van der Waals surface area contributed by atoms with Gasteiger partial charge in [-0.2, -0.15) is 0 Å². The monoisotopic (exact) mass is 1070 g/mol. The lowest BCUT2D eigenvalue weighted by Gasteiger charge is -2.34. The molecule has 0 aliphatic carbocycles. The van der Waals surface area contributed by atoms with Crippen molar-refractivity contribution in [1.29, 1.82) is 0 Å². The highest BCUT2D eigenvalue weighted by Gasteiger charge is 2.31. The summed E-state index contributed by atoms with van der Waals surface area (Å²) in [5.74, 6) is 0. The minimum atomic E-state index is -1.82. The lowest BCUT2D eigenvalue weighted by Crippen LogP contribution is -2.37. The van der Waals surface area contributed by atoms with E-state index in [1.54, 1.807) is 0 Å². The molecule has 14 aromatic rings. The van der Waals surface area contributed by atoms with Crippen molar-refractivity contribution >= 4 is 135 Å². The quantitative estimate of drug-likeness (QED) is 0.0732. The summed E-state index contributed by atoms with van der Waals surface area (Å²) in [7, 11) is -1.82. The molecule has 0 fully saturated rings. The van der Waals surface area contributed by atoms with Gasteiger partial charge < -0.3 is 18.6 Å². The summed E-state index contributed by atoms with van der Waals surface area (Å²) in [5, 5.41) is 13.2. The highest BCUT2D eigenvalue weighted by molar-refractivity contribution is 7.99. The van der Waals surface area contributed by atoms with E-state index in [1.165, 1.54) is 37.2 Å². The van der Waals surface area contributed by atoms with Crippen molar-refractivity contribution in [3.8, 4) is 22.3 Å². The maximum absolute atomic E-state index is 7.14. The van der Waals surface area contributed by atoms with Crippen molar-refractivity contribution in [1.82, 2.24) is 0 Å². The van der Waals surface area contributed by atoms with Crippen LogP contribution in [-0.2, 0) is 5.41 Å². The third-order valence-corrected chi connectivity index (χ3v) is 19.2. The van der Waals surface area contributed by atoms with Crippen molar-refractivity contribution in [2.45, 2.75) is 69.8 Å². The Kier molecular flexibility index (Phi) is 11.9. The van der Waals surface area contributed by atoms with Crippen molar-refractivity contribution in [2.75, 3.05) is 9.80 Å². The smallest absolute Gasteiger partial charge is 0.159 e. The number of anilines is 6. The van der Waals surface area contributed by atoms with Crippen LogP contribution in [0.4, 0.5) is 34.1 Å². The van der Waals surface area contributed by atoms with E-state index in [2.05, 4.69) is 289 Å². The molecule has 0 spiro atoms. The molecule has 2 aromatic heterocycles. The van der Waals surface area contributed by atoms with Crippen LogP contribution in [0, 0.1) is 0 Å². The summed E-state index contributed by atoms with van der Waals surface area (Å²) in [5.41, 5.74) is 15.3. The Morgan fingerprint density at radius 2 is 0.875 bits per heavy atom. The fraction of sp³-hybridized carbons (Fsp3) is 0.135. The highest BCUT2D eigenvalue weighted by atomic mass is 32.2. The molecule has 0 N–H and O–H groups in total. The van der Waals surface area contributed by atoms with Gasteiger partial charge in [-0.3, -0.25) is 0 Å². The standard InChI is InChI=1S/C74H62N2O2SSi/c1-46(2)79-52-35-39-62(60(43-52)47-21-11-9-12-22-47)75(64-29-19-27-56-54-25-15-17-31-68(54)77-72(56)64)66-45-67(59-38-34-50-42-51(74(3,4)5)41-49-33-37-58(66)71(59)70(49)50)76(65-30-20-28-57-55-26-16-18-32-69(55)78-73(57)65)63-40-36-53(80(6,7)8)44-61(63)48-23-13-10-14-24-48/h9-46H,1-8H3. The van der Waals surface area contributed by atoms with E-state index in [4.69, 9.17) is 8.83 Å². The van der Waals surface area contributed by atoms with E-state index in [0.717, 1.165) is 111 Å². The van der Waals surface area contributed by atoms with E-state index in [-0.39, 0.29) is 5.41 Å². The van der Waals surface area contributed by atoms with Gasteiger partial charge in [0.25, 0.3) is 0 Å². The van der Waals surface area contributed by atoms with Gasteiger partial charge in [-0.1, -0.05) is 229 Å². The van der Waals surface area contributed by atoms with E-state index in [0.29, 0.717) is 5.25 Å². The minimum Gasteiger partial charge on any atom is -0.454 e. The van der Waals surface area contributed by atoms with Crippen molar-refractivity contribution in [3.05, 3.63) is 230 Å². The summed E-state index contributed by atoms with van der Waals surface area (Å²) in [6.45, 7) is 18.8. The highest BCUT2D eigenvalue weighted by Crippen LogP contribution is 2.55. The largest absolute Gasteiger partial charge is 0.454 e. The van der Waals surface area contributed by atoms with Crippen LogP contribution < -0.4 is 15.0 Å². The molecular weight excluding hydrogens is 1010 g/mol. The fourth-order valence-electron chi connectivity index (χ4n) is 12.2. The fourth-order valence-corrected chi connectivity index (χ4v) is 14.3. The summed E-state index contributed by atoms with van der Waals surface area (Å²) < 4.78 is 14.3. The molecule has 0 atom stereocenters. The van der Waals surface area contributed by atoms with Gasteiger partial charge in [-0.15, -0.1) is 11.8 Å². The van der Waals surface area contributed by atoms with Crippen LogP contribution >= 0.6 is 11.8 Å². The summed E-state index contributed by atoms with van der Waals surface area (Å²) in [6.07, 6.45) is 0. The molecule has 2 heterocycles. The minimum absolute atomic E-state index is 0.0608. The lowest BCUT2D eigenvalue weighted by molar-refractivity contribution is 0.591. The normalized spacial score (nSPS) is 12.4. The van der Waals surface area contributed by atoms with Crippen LogP contribution in [0.2, 0.25) is 19.6 Å². The number of furan rings is 2. The van der Waals surface area contributed by atoms with Gasteiger partial charge in [0.2, 0.25) is 0 Å². The first-order valence-electron chi connectivity index (χ1n) is 28.0. The van der Waals surface area contributed by atoms with Gasteiger partial charge in [0, 0.05) is 59.0 Å². The Balaban J connectivity index is 1.18. The first kappa shape index (κ1) is 49.7. The number of hydrogen-bond donors (Lipinski definition) is 0. The number of fused-ring (bicyclic) bond motifs is 6. The molecule has 4 nitrogen and oxygen atoms in total. The van der Waals surface area contributed by atoms with E-state index < -0.39 is 8.07 Å². The summed E-state index contributed by atoms with van der Waals surface area (Å²) in [4.78, 5) is 6.26. The van der Waals surface area contributed by atoms with Crippen molar-refractivity contribution in [3.63, 3.8) is 0 Å². The lowest BCUT2D eigenvalue weighted by atomic mass is 9.83.